The molecule has 9 heteroatoms. The van der Waals surface area contributed by atoms with Gasteiger partial charge in [0.05, 0.1) is 29.6 Å². The van der Waals surface area contributed by atoms with Crippen molar-refractivity contribution in [3.8, 4) is 0 Å². The van der Waals surface area contributed by atoms with Gasteiger partial charge in [0.15, 0.2) is 0 Å². The van der Waals surface area contributed by atoms with Gasteiger partial charge in [-0.15, -0.1) is 0 Å². The molecule has 0 bridgehead atoms. The quantitative estimate of drug-likeness (QED) is 0.299. The molecule has 4 rings (SSSR count). The predicted molar refractivity (Wildman–Crippen MR) is 141 cm³/mol. The number of amides is 1. The van der Waals surface area contributed by atoms with Gasteiger partial charge in [-0.3, -0.25) is 14.6 Å². The summed E-state index contributed by atoms with van der Waals surface area (Å²) in [6, 6.07) is 14.6. The predicted octanol–water partition coefficient (Wildman–Crippen LogP) is 3.88. The lowest BCUT2D eigenvalue weighted by Gasteiger charge is -2.16. The van der Waals surface area contributed by atoms with E-state index in [1.807, 2.05) is 44.4 Å². The normalized spacial score (nSPS) is 13.7. The highest BCUT2D eigenvalue weighted by Crippen LogP contribution is 2.38. The molecule has 2 aromatic carbocycles. The van der Waals surface area contributed by atoms with Crippen LogP contribution >= 0.6 is 0 Å². The number of carbonyl (C=O) groups is 3. The Balaban J connectivity index is 1.80. The molecule has 0 atom stereocenters. The number of anilines is 2. The van der Waals surface area contributed by atoms with E-state index in [4.69, 9.17) is 9.84 Å². The Morgan fingerprint density at radius 1 is 1.03 bits per heavy atom. The van der Waals surface area contributed by atoms with Crippen molar-refractivity contribution in [1.29, 1.82) is 0 Å². The van der Waals surface area contributed by atoms with E-state index in [0.29, 0.717) is 40.1 Å². The van der Waals surface area contributed by atoms with Crippen molar-refractivity contribution >= 4 is 40.5 Å². The van der Waals surface area contributed by atoms with Crippen LogP contribution in [0, 0.1) is 0 Å². The average molecular weight is 501 g/mol. The van der Waals surface area contributed by atoms with Gasteiger partial charge < -0.3 is 25.4 Å². The molecule has 0 radical (unpaired) electrons. The lowest BCUT2D eigenvalue weighted by Crippen LogP contribution is -2.11. The number of hydrogen-bond acceptors (Lipinski definition) is 7. The summed E-state index contributed by atoms with van der Waals surface area (Å²) < 4.78 is 4.80. The van der Waals surface area contributed by atoms with Crippen molar-refractivity contribution < 1.29 is 24.2 Å². The number of pyridine rings is 1. The van der Waals surface area contributed by atoms with Crippen LogP contribution in [0.4, 0.5) is 11.4 Å². The summed E-state index contributed by atoms with van der Waals surface area (Å²) in [6.45, 7) is 0.794. The lowest BCUT2D eigenvalue weighted by atomic mass is 9.98. The highest BCUT2D eigenvalue weighted by molar-refractivity contribution is 6.37. The van der Waals surface area contributed by atoms with Crippen LogP contribution in [-0.4, -0.2) is 54.0 Å². The zero-order chi connectivity index (χ0) is 26.5. The van der Waals surface area contributed by atoms with Crippen LogP contribution < -0.4 is 10.6 Å². The fraction of sp³-hybridized carbons (Fsp3) is 0.214. The van der Waals surface area contributed by atoms with E-state index in [2.05, 4.69) is 20.5 Å². The van der Waals surface area contributed by atoms with E-state index in [0.717, 1.165) is 23.4 Å². The number of ether oxygens (including phenoxy) is 1. The standard InChI is InChI=1S/C28H28N4O5/c1-32(2)16-17-4-8-21(9-5-17)30-26(20-12-18(14-29-15-20)6-11-24(33)34)25-22-10-7-19(28(36)37-3)13-23(22)31-27(25)35/h4-5,7-10,12-15,30H,6,11,16H2,1-3H3,(H,31,35)(H,33,34)/b26-25-. The van der Waals surface area contributed by atoms with Gasteiger partial charge in [-0.2, -0.15) is 0 Å². The van der Waals surface area contributed by atoms with Gasteiger partial charge in [-0.25, -0.2) is 4.79 Å². The van der Waals surface area contributed by atoms with Crippen molar-refractivity contribution in [2.24, 2.45) is 0 Å². The molecule has 2 heterocycles. The molecule has 9 nitrogen and oxygen atoms in total. The minimum absolute atomic E-state index is 0.0303. The van der Waals surface area contributed by atoms with Gasteiger partial charge in [0, 0.05) is 42.2 Å². The topological polar surface area (TPSA) is 121 Å². The maximum Gasteiger partial charge on any atom is 0.337 e. The molecular formula is C28H28N4O5. The number of nitrogens with zero attached hydrogens (tertiary/aromatic N) is 2. The van der Waals surface area contributed by atoms with Crippen molar-refractivity contribution in [1.82, 2.24) is 9.88 Å². The largest absolute Gasteiger partial charge is 0.481 e. The van der Waals surface area contributed by atoms with Crippen LogP contribution in [0.25, 0.3) is 11.3 Å². The molecule has 37 heavy (non-hydrogen) atoms. The summed E-state index contributed by atoms with van der Waals surface area (Å²) in [4.78, 5) is 42.7. The third-order valence-corrected chi connectivity index (χ3v) is 5.87. The third kappa shape index (κ3) is 6.02. The Morgan fingerprint density at radius 2 is 1.78 bits per heavy atom. The maximum absolute atomic E-state index is 13.2. The van der Waals surface area contributed by atoms with Gasteiger partial charge in [0.25, 0.3) is 5.91 Å². The number of hydrogen-bond donors (Lipinski definition) is 3. The highest BCUT2D eigenvalue weighted by Gasteiger charge is 2.29. The van der Waals surface area contributed by atoms with E-state index in [-0.39, 0.29) is 12.3 Å². The number of methoxy groups -OCH3 is 1. The zero-order valence-corrected chi connectivity index (χ0v) is 20.9. The monoisotopic (exact) mass is 500 g/mol. The SMILES string of the molecule is COC(=O)c1ccc2c(c1)NC(=O)/C2=C(\Nc1ccc(CN(C)C)cc1)c1cncc(CCC(=O)O)c1. The summed E-state index contributed by atoms with van der Waals surface area (Å²) in [5, 5.41) is 15.3. The van der Waals surface area contributed by atoms with Crippen molar-refractivity contribution in [2.75, 3.05) is 31.8 Å². The first kappa shape index (κ1) is 25.6. The molecule has 190 valence electrons. The van der Waals surface area contributed by atoms with Crippen LogP contribution in [-0.2, 0) is 27.3 Å². The van der Waals surface area contributed by atoms with Gasteiger partial charge in [-0.05, 0) is 62.0 Å². The minimum Gasteiger partial charge on any atom is -0.481 e. The first-order chi connectivity index (χ1) is 17.7. The van der Waals surface area contributed by atoms with E-state index < -0.39 is 11.9 Å². The zero-order valence-electron chi connectivity index (χ0n) is 20.9. The number of aryl methyl sites for hydroxylation is 1. The second-order valence-electron chi connectivity index (χ2n) is 8.99. The van der Waals surface area contributed by atoms with Crippen LogP contribution in [0.3, 0.4) is 0 Å². The first-order valence-electron chi connectivity index (χ1n) is 11.7. The summed E-state index contributed by atoms with van der Waals surface area (Å²) in [7, 11) is 5.30. The highest BCUT2D eigenvalue weighted by atomic mass is 16.5. The van der Waals surface area contributed by atoms with Gasteiger partial charge in [-0.1, -0.05) is 18.2 Å². The molecule has 1 amide bonds. The summed E-state index contributed by atoms with van der Waals surface area (Å²) >= 11 is 0. The summed E-state index contributed by atoms with van der Waals surface area (Å²) in [5.74, 6) is -1.73. The third-order valence-electron chi connectivity index (χ3n) is 5.87. The number of nitrogens with one attached hydrogen (secondary N) is 2. The van der Waals surface area contributed by atoms with Crippen LogP contribution in [0.1, 0.15) is 39.0 Å². The number of aliphatic carboxylic acids is 1. The molecule has 0 unspecified atom stereocenters. The second kappa shape index (κ2) is 11.0. The molecule has 1 aliphatic rings. The van der Waals surface area contributed by atoms with Crippen molar-refractivity contribution in [3.05, 3.63) is 88.7 Å². The number of benzene rings is 2. The number of fused-ring (bicyclic) bond motifs is 1. The minimum atomic E-state index is -0.898. The molecule has 1 aromatic heterocycles. The number of esters is 1. The first-order valence-corrected chi connectivity index (χ1v) is 11.7. The van der Waals surface area contributed by atoms with Gasteiger partial charge in [0.1, 0.15) is 0 Å². The van der Waals surface area contributed by atoms with Gasteiger partial charge in [0.2, 0.25) is 0 Å². The smallest absolute Gasteiger partial charge is 0.337 e. The molecular weight excluding hydrogens is 472 g/mol. The Morgan fingerprint density at radius 3 is 2.46 bits per heavy atom. The van der Waals surface area contributed by atoms with E-state index in [1.54, 1.807) is 30.6 Å². The Bertz CT molecular complexity index is 1380. The van der Waals surface area contributed by atoms with Gasteiger partial charge >= 0.3 is 11.9 Å². The number of carboxylic acid groups (broad SMARTS) is 1. The molecule has 0 fully saturated rings. The van der Waals surface area contributed by atoms with Crippen molar-refractivity contribution in [2.45, 2.75) is 19.4 Å². The Hall–Kier alpha value is -4.50. The average Bonchev–Trinajstić information content (AvgIpc) is 3.21. The fourth-order valence-corrected chi connectivity index (χ4v) is 4.16. The molecule has 0 saturated heterocycles. The Kier molecular flexibility index (Phi) is 7.64. The number of rotatable bonds is 9. The molecule has 1 aliphatic heterocycles. The molecule has 0 aliphatic carbocycles. The fourth-order valence-electron chi connectivity index (χ4n) is 4.16. The lowest BCUT2D eigenvalue weighted by molar-refractivity contribution is -0.137. The van der Waals surface area contributed by atoms with Crippen LogP contribution in [0.2, 0.25) is 0 Å². The van der Waals surface area contributed by atoms with Crippen LogP contribution in [0.15, 0.2) is 60.9 Å². The second-order valence-corrected chi connectivity index (χ2v) is 8.99. The molecule has 3 N–H and O–H groups in total. The summed E-state index contributed by atoms with van der Waals surface area (Å²) in [5.41, 5.74) is 5.64. The molecule has 3 aromatic rings. The molecule has 0 spiro atoms. The van der Waals surface area contributed by atoms with E-state index >= 15 is 0 Å². The number of carboxylic acids is 1. The number of aromatic nitrogens is 1. The summed E-state index contributed by atoms with van der Waals surface area (Å²) in [6.07, 6.45) is 3.53. The Labute approximate surface area is 214 Å². The van der Waals surface area contributed by atoms with Crippen LogP contribution in [0.5, 0.6) is 0 Å². The van der Waals surface area contributed by atoms with E-state index in [9.17, 15) is 14.4 Å². The molecule has 0 saturated carbocycles. The maximum atomic E-state index is 13.2. The van der Waals surface area contributed by atoms with Crippen molar-refractivity contribution in [3.63, 3.8) is 0 Å². The van der Waals surface area contributed by atoms with E-state index in [1.165, 1.54) is 7.11 Å². The number of carbonyl (C=O) groups excluding carboxylic acids is 2.